The van der Waals surface area contributed by atoms with Gasteiger partial charge < -0.3 is 14.8 Å². The number of pyridine rings is 1. The summed E-state index contributed by atoms with van der Waals surface area (Å²) in [7, 11) is 4.18. The predicted octanol–water partition coefficient (Wildman–Crippen LogP) is 2.62. The van der Waals surface area contributed by atoms with E-state index in [-0.39, 0.29) is 0 Å². The van der Waals surface area contributed by atoms with Crippen LogP contribution in [0.3, 0.4) is 0 Å². The van der Waals surface area contributed by atoms with Crippen molar-refractivity contribution in [1.29, 1.82) is 0 Å². The molecule has 3 heterocycles. The van der Waals surface area contributed by atoms with E-state index in [2.05, 4.69) is 57.7 Å². The summed E-state index contributed by atoms with van der Waals surface area (Å²) < 4.78 is 2.28. The number of aryl methyl sites for hydroxylation is 1. The van der Waals surface area contributed by atoms with Gasteiger partial charge in [-0.2, -0.15) is 0 Å². The van der Waals surface area contributed by atoms with Crippen LogP contribution in [-0.4, -0.2) is 45.1 Å². The molecule has 0 spiro atoms. The Labute approximate surface area is 142 Å². The highest BCUT2D eigenvalue weighted by Gasteiger charge is 2.16. The Morgan fingerprint density at radius 2 is 1.88 bits per heavy atom. The highest BCUT2D eigenvalue weighted by Crippen LogP contribution is 2.28. The van der Waals surface area contributed by atoms with E-state index in [0.717, 1.165) is 36.5 Å². The molecule has 0 aliphatic heterocycles. The van der Waals surface area contributed by atoms with Crippen molar-refractivity contribution >= 4 is 16.9 Å². The second kappa shape index (κ2) is 6.97. The van der Waals surface area contributed by atoms with E-state index in [1.54, 1.807) is 18.7 Å². The van der Waals surface area contributed by atoms with Gasteiger partial charge in [0.1, 0.15) is 17.8 Å². The van der Waals surface area contributed by atoms with Crippen molar-refractivity contribution in [3.8, 4) is 0 Å². The molecule has 3 aromatic rings. The Morgan fingerprint density at radius 3 is 2.58 bits per heavy atom. The van der Waals surface area contributed by atoms with Gasteiger partial charge in [-0.1, -0.05) is 0 Å². The minimum atomic E-state index is 0.718. The second-order valence-corrected chi connectivity index (χ2v) is 6.30. The van der Waals surface area contributed by atoms with E-state index in [1.165, 1.54) is 16.8 Å². The summed E-state index contributed by atoms with van der Waals surface area (Å²) in [5.74, 6) is 0.890. The average molecular weight is 324 g/mol. The molecular formula is C18H24N6. The lowest BCUT2D eigenvalue weighted by atomic mass is 10.2. The molecule has 0 unspecified atom stereocenters. The van der Waals surface area contributed by atoms with Crippen LogP contribution in [0.25, 0.3) is 11.0 Å². The summed E-state index contributed by atoms with van der Waals surface area (Å²) in [4.78, 5) is 15.2. The zero-order valence-electron chi connectivity index (χ0n) is 14.7. The van der Waals surface area contributed by atoms with E-state index in [1.807, 2.05) is 12.1 Å². The molecule has 3 rings (SSSR count). The fraction of sp³-hybridized carbons (Fsp3) is 0.389. The van der Waals surface area contributed by atoms with Crippen LogP contribution in [0.2, 0.25) is 0 Å². The Balaban J connectivity index is 1.93. The van der Waals surface area contributed by atoms with E-state index in [4.69, 9.17) is 0 Å². The highest BCUT2D eigenvalue weighted by molar-refractivity contribution is 5.91. The number of hydrogen-bond donors (Lipinski definition) is 1. The van der Waals surface area contributed by atoms with E-state index >= 15 is 0 Å². The third kappa shape index (κ3) is 3.23. The molecule has 0 atom stereocenters. The third-order valence-corrected chi connectivity index (χ3v) is 4.39. The quantitative estimate of drug-likeness (QED) is 0.755. The van der Waals surface area contributed by atoms with Crippen LogP contribution in [0.5, 0.6) is 0 Å². The van der Waals surface area contributed by atoms with Gasteiger partial charge in [-0.3, -0.25) is 4.98 Å². The maximum Gasteiger partial charge on any atom is 0.145 e. The highest BCUT2D eigenvalue weighted by atomic mass is 15.1. The van der Waals surface area contributed by atoms with Gasteiger partial charge in [-0.15, -0.1) is 0 Å². The molecule has 0 aromatic carbocycles. The van der Waals surface area contributed by atoms with Gasteiger partial charge in [0, 0.05) is 37.7 Å². The van der Waals surface area contributed by atoms with Crippen LogP contribution in [0, 0.1) is 13.8 Å². The number of fused-ring (bicyclic) bond motifs is 1. The molecule has 0 fully saturated rings. The van der Waals surface area contributed by atoms with Crippen LogP contribution in [-0.2, 0) is 13.1 Å². The predicted molar refractivity (Wildman–Crippen MR) is 97.1 cm³/mol. The van der Waals surface area contributed by atoms with E-state index in [9.17, 15) is 0 Å². The first kappa shape index (κ1) is 16.4. The minimum absolute atomic E-state index is 0.718. The average Bonchev–Trinajstić information content (AvgIpc) is 2.83. The smallest absolute Gasteiger partial charge is 0.145 e. The Morgan fingerprint density at radius 1 is 1.12 bits per heavy atom. The zero-order chi connectivity index (χ0) is 17.1. The fourth-order valence-corrected chi connectivity index (χ4v) is 2.86. The summed E-state index contributed by atoms with van der Waals surface area (Å²) in [6.45, 7) is 6.91. The Bertz CT molecular complexity index is 822. The molecule has 0 aliphatic carbocycles. The standard InChI is InChI=1S/C18H24N6/c1-13-14(2)24(10-9-23(3)4)18-16(13)17(21-12-22-18)20-11-15-5-7-19-8-6-15/h5-8,12H,9-11H2,1-4H3,(H,20,21,22). The van der Waals surface area contributed by atoms with Crippen LogP contribution < -0.4 is 5.32 Å². The van der Waals surface area contributed by atoms with E-state index in [0.29, 0.717) is 0 Å². The maximum absolute atomic E-state index is 4.54. The van der Waals surface area contributed by atoms with Gasteiger partial charge in [0.05, 0.1) is 5.39 Å². The first-order valence-corrected chi connectivity index (χ1v) is 8.16. The van der Waals surface area contributed by atoms with Gasteiger partial charge in [-0.05, 0) is 51.2 Å². The molecule has 24 heavy (non-hydrogen) atoms. The lowest BCUT2D eigenvalue weighted by molar-refractivity contribution is 0.384. The van der Waals surface area contributed by atoms with Gasteiger partial charge in [0.15, 0.2) is 0 Å². The minimum Gasteiger partial charge on any atom is -0.365 e. The van der Waals surface area contributed by atoms with E-state index < -0.39 is 0 Å². The normalized spacial score (nSPS) is 11.4. The Hall–Kier alpha value is -2.47. The molecule has 0 aliphatic rings. The largest absolute Gasteiger partial charge is 0.365 e. The van der Waals surface area contributed by atoms with Crippen molar-refractivity contribution in [1.82, 2.24) is 24.4 Å². The molecule has 126 valence electrons. The zero-order valence-corrected chi connectivity index (χ0v) is 14.7. The second-order valence-electron chi connectivity index (χ2n) is 6.30. The van der Waals surface area contributed by atoms with Crippen molar-refractivity contribution in [2.24, 2.45) is 0 Å². The van der Waals surface area contributed by atoms with Crippen LogP contribution in [0.15, 0.2) is 30.9 Å². The number of aromatic nitrogens is 4. The summed E-state index contributed by atoms with van der Waals surface area (Å²) in [5, 5.41) is 4.56. The number of nitrogens with zero attached hydrogens (tertiary/aromatic N) is 5. The third-order valence-electron chi connectivity index (χ3n) is 4.39. The van der Waals surface area contributed by atoms with Gasteiger partial charge in [-0.25, -0.2) is 9.97 Å². The van der Waals surface area contributed by atoms with Crippen LogP contribution in [0.4, 0.5) is 5.82 Å². The number of rotatable bonds is 6. The lowest BCUT2D eigenvalue weighted by Crippen LogP contribution is -2.19. The Kier molecular flexibility index (Phi) is 4.76. The SMILES string of the molecule is Cc1c(C)n(CCN(C)C)c2ncnc(NCc3ccncc3)c12. The topological polar surface area (TPSA) is 58.9 Å². The van der Waals surface area contributed by atoms with Crippen molar-refractivity contribution in [3.63, 3.8) is 0 Å². The van der Waals surface area contributed by atoms with Crippen LogP contribution >= 0.6 is 0 Å². The molecule has 1 N–H and O–H groups in total. The first-order valence-electron chi connectivity index (χ1n) is 8.16. The summed E-state index contributed by atoms with van der Waals surface area (Å²) in [6.07, 6.45) is 5.25. The summed E-state index contributed by atoms with van der Waals surface area (Å²) in [5.41, 5.74) is 4.66. The molecule has 0 amide bonds. The molecular weight excluding hydrogens is 300 g/mol. The van der Waals surface area contributed by atoms with Gasteiger partial charge in [0.2, 0.25) is 0 Å². The molecule has 6 heteroatoms. The van der Waals surface area contributed by atoms with Crippen LogP contribution in [0.1, 0.15) is 16.8 Å². The monoisotopic (exact) mass is 324 g/mol. The first-order chi connectivity index (χ1) is 11.6. The molecule has 0 radical (unpaired) electrons. The van der Waals surface area contributed by atoms with Gasteiger partial charge >= 0.3 is 0 Å². The van der Waals surface area contributed by atoms with Crippen molar-refractivity contribution < 1.29 is 0 Å². The molecule has 0 saturated heterocycles. The molecule has 3 aromatic heterocycles. The lowest BCUT2D eigenvalue weighted by Gasteiger charge is -2.12. The van der Waals surface area contributed by atoms with Crippen molar-refractivity contribution in [2.75, 3.05) is 26.0 Å². The fourth-order valence-electron chi connectivity index (χ4n) is 2.86. The molecule has 0 saturated carbocycles. The maximum atomic E-state index is 4.54. The van der Waals surface area contributed by atoms with Crippen molar-refractivity contribution in [3.05, 3.63) is 47.7 Å². The number of anilines is 1. The summed E-state index contributed by atoms with van der Waals surface area (Å²) in [6, 6.07) is 4.01. The number of nitrogens with one attached hydrogen (secondary N) is 1. The number of hydrogen-bond acceptors (Lipinski definition) is 5. The molecule has 0 bridgehead atoms. The number of likely N-dealkylation sites (N-methyl/N-ethyl adjacent to an activating group) is 1. The molecule has 6 nitrogen and oxygen atoms in total. The summed E-state index contributed by atoms with van der Waals surface area (Å²) >= 11 is 0. The van der Waals surface area contributed by atoms with Crippen molar-refractivity contribution in [2.45, 2.75) is 26.9 Å². The van der Waals surface area contributed by atoms with Gasteiger partial charge in [0.25, 0.3) is 0 Å².